The van der Waals surface area contributed by atoms with E-state index in [1.807, 2.05) is 4.57 Å². The van der Waals surface area contributed by atoms with E-state index in [1.165, 1.54) is 22.9 Å². The highest BCUT2D eigenvalue weighted by molar-refractivity contribution is 7.99. The van der Waals surface area contributed by atoms with E-state index >= 15 is 0 Å². The molecule has 0 bridgehead atoms. The Labute approximate surface area is 201 Å². The summed E-state index contributed by atoms with van der Waals surface area (Å²) in [5.74, 6) is 3.03. The highest BCUT2D eigenvalue weighted by Gasteiger charge is 2.15. The Bertz CT molecular complexity index is 1070. The summed E-state index contributed by atoms with van der Waals surface area (Å²) in [6, 6.07) is 13.6. The molecule has 0 unspecified atom stereocenters. The fraction of sp³-hybridized carbons (Fsp3) is 0.261. The number of nitrogens with one attached hydrogen (secondary N) is 1. The lowest BCUT2D eigenvalue weighted by Gasteiger charge is -2.11. The first-order valence-corrected chi connectivity index (χ1v) is 12.4. The third-order valence-electron chi connectivity index (χ3n) is 4.49. The van der Waals surface area contributed by atoms with Crippen LogP contribution >= 0.6 is 35.1 Å². The fourth-order valence-electron chi connectivity index (χ4n) is 2.88. The van der Waals surface area contributed by atoms with Gasteiger partial charge in [-0.2, -0.15) is 0 Å². The summed E-state index contributed by atoms with van der Waals surface area (Å²) in [5, 5.41) is 12.7. The average Bonchev–Trinajstić information content (AvgIpc) is 3.16. The fourth-order valence-corrected chi connectivity index (χ4v) is 4.75. The molecule has 0 aliphatic heterocycles. The number of anilines is 1. The summed E-state index contributed by atoms with van der Waals surface area (Å²) in [7, 11) is 1.55. The number of aryl methyl sites for hydroxylation is 1. The minimum absolute atomic E-state index is 0.181. The normalized spacial score (nSPS) is 10.7. The minimum Gasteiger partial charge on any atom is -0.495 e. The molecule has 168 valence electrons. The Hall–Kier alpha value is -2.42. The van der Waals surface area contributed by atoms with Crippen molar-refractivity contribution in [1.29, 1.82) is 0 Å². The van der Waals surface area contributed by atoms with E-state index in [2.05, 4.69) is 53.3 Å². The number of halogens is 1. The Balaban J connectivity index is 1.58. The number of nitrogens with zero attached hydrogens (tertiary/aromatic N) is 3. The van der Waals surface area contributed by atoms with Crippen LogP contribution in [0.25, 0.3) is 0 Å². The van der Waals surface area contributed by atoms with Crippen molar-refractivity contribution in [3.8, 4) is 5.75 Å². The van der Waals surface area contributed by atoms with Crippen LogP contribution in [0.2, 0.25) is 5.02 Å². The number of carbonyl (C=O) groups excluding carboxylic acids is 1. The zero-order chi connectivity index (χ0) is 22.9. The van der Waals surface area contributed by atoms with E-state index in [4.69, 9.17) is 16.3 Å². The van der Waals surface area contributed by atoms with Crippen LogP contribution in [0.15, 0.2) is 60.3 Å². The third-order valence-corrected chi connectivity index (χ3v) is 6.70. The SMILES string of the molecule is C=CCn1c(CSCc2ccc(C)cc2)nnc1SCC(=O)Nc1cc(Cl)ccc1OC. The van der Waals surface area contributed by atoms with Gasteiger partial charge in [0.05, 0.1) is 24.3 Å². The molecule has 1 amide bonds. The smallest absolute Gasteiger partial charge is 0.234 e. The maximum Gasteiger partial charge on any atom is 0.234 e. The van der Waals surface area contributed by atoms with Crippen LogP contribution < -0.4 is 10.1 Å². The number of methoxy groups -OCH3 is 1. The topological polar surface area (TPSA) is 69.0 Å². The lowest BCUT2D eigenvalue weighted by atomic mass is 10.2. The monoisotopic (exact) mass is 488 g/mol. The number of hydrogen-bond donors (Lipinski definition) is 1. The van der Waals surface area contributed by atoms with Gasteiger partial charge < -0.3 is 14.6 Å². The minimum atomic E-state index is -0.181. The number of thioether (sulfide) groups is 2. The van der Waals surface area contributed by atoms with Crippen LogP contribution in [-0.4, -0.2) is 33.5 Å². The molecule has 0 radical (unpaired) electrons. The van der Waals surface area contributed by atoms with Gasteiger partial charge in [0.15, 0.2) is 5.16 Å². The highest BCUT2D eigenvalue weighted by Crippen LogP contribution is 2.28. The van der Waals surface area contributed by atoms with Crippen LogP contribution in [0, 0.1) is 6.92 Å². The second-order valence-electron chi connectivity index (χ2n) is 6.96. The maximum absolute atomic E-state index is 12.5. The van der Waals surface area contributed by atoms with Gasteiger partial charge in [0, 0.05) is 17.3 Å². The Morgan fingerprint density at radius 3 is 2.72 bits per heavy atom. The van der Waals surface area contributed by atoms with Gasteiger partial charge in [0.1, 0.15) is 11.6 Å². The number of allylic oxidation sites excluding steroid dienone is 1. The van der Waals surface area contributed by atoms with Gasteiger partial charge in [0.2, 0.25) is 5.91 Å². The molecule has 0 fully saturated rings. The molecule has 0 saturated heterocycles. The van der Waals surface area contributed by atoms with Gasteiger partial charge in [0.25, 0.3) is 0 Å². The van der Waals surface area contributed by atoms with Gasteiger partial charge in [-0.25, -0.2) is 0 Å². The summed E-state index contributed by atoms with van der Waals surface area (Å²) in [4.78, 5) is 12.5. The predicted molar refractivity (Wildman–Crippen MR) is 134 cm³/mol. The summed E-state index contributed by atoms with van der Waals surface area (Å²) in [6.45, 7) is 6.50. The Morgan fingerprint density at radius 1 is 1.22 bits per heavy atom. The quantitative estimate of drug-likeness (QED) is 0.280. The van der Waals surface area contributed by atoms with Crippen molar-refractivity contribution >= 4 is 46.7 Å². The van der Waals surface area contributed by atoms with E-state index in [0.717, 1.165) is 17.3 Å². The van der Waals surface area contributed by atoms with Crippen molar-refractivity contribution in [3.63, 3.8) is 0 Å². The number of carbonyl (C=O) groups is 1. The zero-order valence-corrected chi connectivity index (χ0v) is 20.4. The van der Waals surface area contributed by atoms with Gasteiger partial charge in [-0.15, -0.1) is 28.5 Å². The maximum atomic E-state index is 12.5. The number of ether oxygens (including phenoxy) is 1. The van der Waals surface area contributed by atoms with E-state index in [1.54, 1.807) is 43.1 Å². The van der Waals surface area contributed by atoms with Gasteiger partial charge in [-0.1, -0.05) is 59.3 Å². The summed E-state index contributed by atoms with van der Waals surface area (Å²) >= 11 is 9.14. The van der Waals surface area contributed by atoms with E-state index in [0.29, 0.717) is 28.2 Å². The summed E-state index contributed by atoms with van der Waals surface area (Å²) < 4.78 is 7.27. The second-order valence-corrected chi connectivity index (χ2v) is 9.32. The molecule has 2 aromatic carbocycles. The van der Waals surface area contributed by atoms with Crippen LogP contribution in [0.3, 0.4) is 0 Å². The number of aromatic nitrogens is 3. The van der Waals surface area contributed by atoms with Gasteiger partial charge >= 0.3 is 0 Å². The molecule has 6 nitrogen and oxygen atoms in total. The number of hydrogen-bond acceptors (Lipinski definition) is 6. The lowest BCUT2D eigenvalue weighted by Crippen LogP contribution is -2.15. The molecule has 1 heterocycles. The van der Waals surface area contributed by atoms with Crippen molar-refractivity contribution in [2.45, 2.75) is 30.1 Å². The molecule has 0 saturated carbocycles. The first-order chi connectivity index (χ1) is 15.5. The van der Waals surface area contributed by atoms with E-state index in [9.17, 15) is 4.79 Å². The molecule has 0 spiro atoms. The number of rotatable bonds is 11. The van der Waals surface area contributed by atoms with Crippen molar-refractivity contribution in [3.05, 3.63) is 77.1 Å². The first kappa shape index (κ1) is 24.2. The average molecular weight is 489 g/mol. The van der Waals surface area contributed by atoms with Crippen molar-refractivity contribution in [2.75, 3.05) is 18.2 Å². The molecule has 3 aromatic rings. The van der Waals surface area contributed by atoms with Crippen LogP contribution in [0.1, 0.15) is 17.0 Å². The summed E-state index contributed by atoms with van der Waals surface area (Å²) in [6.07, 6.45) is 1.80. The molecule has 1 aromatic heterocycles. The largest absolute Gasteiger partial charge is 0.495 e. The van der Waals surface area contributed by atoms with Gasteiger partial charge in [-0.05, 0) is 30.7 Å². The number of benzene rings is 2. The molecule has 32 heavy (non-hydrogen) atoms. The third kappa shape index (κ3) is 6.79. The highest BCUT2D eigenvalue weighted by atomic mass is 35.5. The van der Waals surface area contributed by atoms with Crippen LogP contribution in [-0.2, 0) is 22.8 Å². The van der Waals surface area contributed by atoms with Crippen molar-refractivity contribution in [2.24, 2.45) is 0 Å². The molecular formula is C23H25ClN4O2S2. The number of amides is 1. The standard InChI is InChI=1S/C23H25ClN4O2S2/c1-4-11-28-21(14-31-13-17-7-5-16(2)6-8-17)26-27-23(28)32-15-22(29)25-19-12-18(24)9-10-20(19)30-3/h4-10,12H,1,11,13-15H2,2-3H3,(H,25,29). The lowest BCUT2D eigenvalue weighted by molar-refractivity contribution is -0.113. The van der Waals surface area contributed by atoms with Crippen molar-refractivity contribution in [1.82, 2.24) is 14.8 Å². The molecule has 0 aliphatic carbocycles. The first-order valence-electron chi connectivity index (χ1n) is 9.92. The zero-order valence-electron chi connectivity index (χ0n) is 18.0. The molecule has 9 heteroatoms. The Kier molecular flexibility index (Phi) is 9.08. The van der Waals surface area contributed by atoms with E-state index in [-0.39, 0.29) is 11.7 Å². The van der Waals surface area contributed by atoms with Crippen molar-refractivity contribution < 1.29 is 9.53 Å². The van der Waals surface area contributed by atoms with E-state index < -0.39 is 0 Å². The molecule has 3 rings (SSSR count). The molecular weight excluding hydrogens is 464 g/mol. The molecule has 0 atom stereocenters. The summed E-state index contributed by atoms with van der Waals surface area (Å²) in [5.41, 5.74) is 3.06. The predicted octanol–water partition coefficient (Wildman–Crippen LogP) is 5.60. The molecule has 1 N–H and O–H groups in total. The second kappa shape index (κ2) is 12.0. The van der Waals surface area contributed by atoms with Gasteiger partial charge in [-0.3, -0.25) is 4.79 Å². The van der Waals surface area contributed by atoms with Crippen LogP contribution in [0.5, 0.6) is 5.75 Å². The van der Waals surface area contributed by atoms with Crippen LogP contribution in [0.4, 0.5) is 5.69 Å². The Morgan fingerprint density at radius 2 is 2.00 bits per heavy atom. The molecule has 0 aliphatic rings.